The molecule has 6 nitrogen and oxygen atoms in total. The second kappa shape index (κ2) is 7.73. The summed E-state index contributed by atoms with van der Waals surface area (Å²) in [6.07, 6.45) is 0.695. The maximum atomic E-state index is 9.90. The molecule has 0 spiro atoms. The monoisotopic (exact) mass is 478 g/mol. The van der Waals surface area contributed by atoms with E-state index in [4.69, 9.17) is 9.84 Å². The maximum Gasteiger partial charge on any atom is 0.167 e. The van der Waals surface area contributed by atoms with E-state index < -0.39 is 0 Å². The molecule has 1 aromatic carbocycles. The Balaban J connectivity index is 1.82. The Morgan fingerprint density at radius 1 is 1.22 bits per heavy atom. The second-order valence-corrected chi connectivity index (χ2v) is 8.05. The van der Waals surface area contributed by atoms with Gasteiger partial charge in [0.1, 0.15) is 0 Å². The number of aromatic nitrogens is 3. The molecular weight excluding hydrogens is 455 g/mol. The molecule has 3 aromatic rings. The number of fused-ring (bicyclic) bond motifs is 1. The van der Waals surface area contributed by atoms with Gasteiger partial charge < -0.3 is 14.7 Å². The van der Waals surface area contributed by atoms with E-state index in [1.54, 1.807) is 0 Å². The van der Waals surface area contributed by atoms with E-state index >= 15 is 0 Å². The third kappa shape index (κ3) is 3.55. The summed E-state index contributed by atoms with van der Waals surface area (Å²) in [5.41, 5.74) is 6.23. The van der Waals surface area contributed by atoms with Crippen LogP contribution < -0.4 is 4.90 Å². The molecule has 7 heteroatoms. The van der Waals surface area contributed by atoms with Gasteiger partial charge in [-0.05, 0) is 59.2 Å². The fraction of sp³-hybridized carbons (Fsp3) is 0.400. The molecule has 27 heavy (non-hydrogen) atoms. The highest BCUT2D eigenvalue weighted by Gasteiger charge is 2.20. The van der Waals surface area contributed by atoms with Gasteiger partial charge in [0.15, 0.2) is 11.5 Å². The lowest BCUT2D eigenvalue weighted by molar-refractivity contribution is 0.122. The van der Waals surface area contributed by atoms with E-state index in [-0.39, 0.29) is 6.61 Å². The van der Waals surface area contributed by atoms with Crippen molar-refractivity contribution in [2.45, 2.75) is 26.9 Å². The van der Waals surface area contributed by atoms with Crippen LogP contribution in [0.1, 0.15) is 28.1 Å². The quantitative estimate of drug-likeness (QED) is 0.585. The van der Waals surface area contributed by atoms with E-state index in [2.05, 4.69) is 70.6 Å². The van der Waals surface area contributed by atoms with Crippen LogP contribution >= 0.6 is 22.6 Å². The van der Waals surface area contributed by atoms with E-state index in [1.165, 1.54) is 16.7 Å². The number of halogens is 1. The van der Waals surface area contributed by atoms with Crippen molar-refractivity contribution < 1.29 is 9.84 Å². The van der Waals surface area contributed by atoms with Gasteiger partial charge in [0, 0.05) is 19.5 Å². The third-order valence-electron chi connectivity index (χ3n) is 5.26. The first-order valence-corrected chi connectivity index (χ1v) is 10.2. The molecule has 0 amide bonds. The number of benzene rings is 1. The molecule has 0 unspecified atom stereocenters. The zero-order valence-electron chi connectivity index (χ0n) is 15.6. The highest BCUT2D eigenvalue weighted by Crippen LogP contribution is 2.25. The van der Waals surface area contributed by atoms with Crippen LogP contribution in [0.4, 0.5) is 5.82 Å². The first-order chi connectivity index (χ1) is 13.1. The average molecular weight is 478 g/mol. The molecule has 4 rings (SSSR count). The molecule has 1 fully saturated rings. The van der Waals surface area contributed by atoms with Crippen LogP contribution in [0.5, 0.6) is 0 Å². The van der Waals surface area contributed by atoms with Crippen molar-refractivity contribution in [3.8, 4) is 0 Å². The molecule has 1 N–H and O–H groups in total. The minimum absolute atomic E-state index is 0.0907. The van der Waals surface area contributed by atoms with Gasteiger partial charge in [-0.3, -0.25) is 0 Å². The Morgan fingerprint density at radius 3 is 2.74 bits per heavy atom. The molecule has 0 bridgehead atoms. The number of imidazole rings is 1. The van der Waals surface area contributed by atoms with E-state index in [9.17, 15) is 5.11 Å². The summed E-state index contributed by atoms with van der Waals surface area (Å²) in [4.78, 5) is 6.91. The average Bonchev–Trinajstić information content (AvgIpc) is 3.04. The Morgan fingerprint density at radius 2 is 2.00 bits per heavy atom. The first kappa shape index (κ1) is 18.6. The molecule has 0 saturated carbocycles. The topological polar surface area (TPSA) is 62.9 Å². The molecule has 1 aliphatic rings. The number of rotatable bonds is 4. The Hall–Kier alpha value is -1.71. The van der Waals surface area contributed by atoms with Crippen molar-refractivity contribution in [3.05, 3.63) is 55.9 Å². The van der Waals surface area contributed by atoms with Crippen molar-refractivity contribution >= 4 is 34.1 Å². The summed E-state index contributed by atoms with van der Waals surface area (Å²) in [5, 5.41) is 14.8. The molecule has 1 saturated heterocycles. The van der Waals surface area contributed by atoms with Gasteiger partial charge in [-0.15, -0.1) is 5.10 Å². The normalized spacial score (nSPS) is 14.9. The fourth-order valence-electron chi connectivity index (χ4n) is 3.50. The Kier molecular flexibility index (Phi) is 5.34. The predicted molar refractivity (Wildman–Crippen MR) is 113 cm³/mol. The van der Waals surface area contributed by atoms with Crippen LogP contribution in [-0.2, 0) is 17.8 Å². The minimum atomic E-state index is -0.0907. The molecule has 0 aliphatic carbocycles. The summed E-state index contributed by atoms with van der Waals surface area (Å²) in [6, 6.07) is 8.41. The highest BCUT2D eigenvalue weighted by molar-refractivity contribution is 14.1. The van der Waals surface area contributed by atoms with Crippen LogP contribution in [0.2, 0.25) is 0 Å². The van der Waals surface area contributed by atoms with Crippen LogP contribution in [0.25, 0.3) is 5.65 Å². The maximum absolute atomic E-state index is 9.90. The molecular formula is C20H23IN4O2. The number of morpholine rings is 1. The standard InChI is InChI=1S/C20H23IN4O2/c1-13-4-3-5-15(14(13)2)10-18-17(12-26)22-20-16(21)11-19(23-25(18)20)24-6-8-27-9-7-24/h3-5,11,26H,6-10,12H2,1-2H3. The Bertz CT molecular complexity index is 980. The zero-order valence-corrected chi connectivity index (χ0v) is 17.7. The summed E-state index contributed by atoms with van der Waals surface area (Å²) in [6.45, 7) is 7.28. The summed E-state index contributed by atoms with van der Waals surface area (Å²) in [5.74, 6) is 0.930. The summed E-state index contributed by atoms with van der Waals surface area (Å²) < 4.78 is 8.41. The van der Waals surface area contributed by atoms with Crippen molar-refractivity contribution in [3.63, 3.8) is 0 Å². The third-order valence-corrected chi connectivity index (χ3v) is 6.06. The van der Waals surface area contributed by atoms with E-state index in [0.29, 0.717) is 12.1 Å². The number of nitrogens with zero attached hydrogens (tertiary/aromatic N) is 4. The zero-order chi connectivity index (χ0) is 19.0. The van der Waals surface area contributed by atoms with E-state index in [1.807, 2.05) is 4.52 Å². The second-order valence-electron chi connectivity index (χ2n) is 6.88. The Labute approximate surface area is 172 Å². The smallest absolute Gasteiger partial charge is 0.167 e. The van der Waals surface area contributed by atoms with Gasteiger partial charge in [-0.25, -0.2) is 9.50 Å². The number of hydrogen-bond acceptors (Lipinski definition) is 5. The number of aliphatic hydroxyl groups is 1. The lowest BCUT2D eigenvalue weighted by Gasteiger charge is -2.27. The number of ether oxygens (including phenoxy) is 1. The van der Waals surface area contributed by atoms with E-state index in [0.717, 1.165) is 47.0 Å². The molecule has 0 radical (unpaired) electrons. The molecule has 142 valence electrons. The van der Waals surface area contributed by atoms with Crippen molar-refractivity contribution in [2.75, 3.05) is 31.2 Å². The number of hydrogen-bond donors (Lipinski definition) is 1. The van der Waals surface area contributed by atoms with Crippen molar-refractivity contribution in [2.24, 2.45) is 0 Å². The van der Waals surface area contributed by atoms with Gasteiger partial charge in [-0.1, -0.05) is 18.2 Å². The highest BCUT2D eigenvalue weighted by atomic mass is 127. The molecule has 1 aliphatic heterocycles. The van der Waals surface area contributed by atoms with Crippen LogP contribution in [0.3, 0.4) is 0 Å². The molecule has 3 heterocycles. The predicted octanol–water partition coefficient (Wildman–Crippen LogP) is 2.87. The first-order valence-electron chi connectivity index (χ1n) is 9.14. The molecule has 0 atom stereocenters. The van der Waals surface area contributed by atoms with Gasteiger partial charge in [0.25, 0.3) is 0 Å². The number of anilines is 1. The molecule has 2 aromatic heterocycles. The lowest BCUT2D eigenvalue weighted by atomic mass is 9.99. The largest absolute Gasteiger partial charge is 0.390 e. The SMILES string of the molecule is Cc1cccc(Cc2c(CO)nc3c(I)cc(N4CCOCC4)nn23)c1C. The minimum Gasteiger partial charge on any atom is -0.390 e. The number of aliphatic hydroxyl groups excluding tert-OH is 1. The van der Waals surface area contributed by atoms with Crippen molar-refractivity contribution in [1.29, 1.82) is 0 Å². The van der Waals surface area contributed by atoms with Crippen LogP contribution in [0.15, 0.2) is 24.3 Å². The fourth-order valence-corrected chi connectivity index (χ4v) is 4.12. The van der Waals surface area contributed by atoms with Gasteiger partial charge in [0.05, 0.1) is 34.8 Å². The lowest BCUT2D eigenvalue weighted by Crippen LogP contribution is -2.37. The van der Waals surface area contributed by atoms with Crippen molar-refractivity contribution in [1.82, 2.24) is 14.6 Å². The van der Waals surface area contributed by atoms with Crippen LogP contribution in [-0.4, -0.2) is 46.0 Å². The summed E-state index contributed by atoms with van der Waals surface area (Å²) >= 11 is 2.31. The number of aryl methyl sites for hydroxylation is 1. The van der Waals surface area contributed by atoms with Gasteiger partial charge in [-0.2, -0.15) is 0 Å². The van der Waals surface area contributed by atoms with Gasteiger partial charge in [0.2, 0.25) is 0 Å². The van der Waals surface area contributed by atoms with Gasteiger partial charge >= 0.3 is 0 Å². The van der Waals surface area contributed by atoms with Crippen LogP contribution in [0, 0.1) is 17.4 Å². The summed E-state index contributed by atoms with van der Waals surface area (Å²) in [7, 11) is 0.